The van der Waals surface area contributed by atoms with Gasteiger partial charge in [0.2, 0.25) is 0 Å². The molecule has 0 radical (unpaired) electrons. The fourth-order valence-electron chi connectivity index (χ4n) is 1.04. The van der Waals surface area contributed by atoms with Crippen LogP contribution >= 0.6 is 0 Å². The van der Waals surface area contributed by atoms with Gasteiger partial charge in [0.05, 0.1) is 18.0 Å². The van der Waals surface area contributed by atoms with E-state index < -0.39 is 5.91 Å². The van der Waals surface area contributed by atoms with Crippen molar-refractivity contribution in [1.29, 1.82) is 5.26 Å². The molecule has 0 aliphatic heterocycles. The van der Waals surface area contributed by atoms with Gasteiger partial charge < -0.3 is 4.57 Å². The molecule has 1 rings (SSSR count). The summed E-state index contributed by atoms with van der Waals surface area (Å²) < 4.78 is 1.94. The molecular weight excluding hydrogens is 192 g/mol. The van der Waals surface area contributed by atoms with Crippen molar-refractivity contribution in [1.82, 2.24) is 9.99 Å². The molecule has 0 aliphatic carbocycles. The van der Waals surface area contributed by atoms with E-state index in [1.54, 1.807) is 12.3 Å². The van der Waals surface area contributed by atoms with Crippen molar-refractivity contribution in [3.63, 3.8) is 0 Å². The molecule has 0 saturated carbocycles. The Morgan fingerprint density at radius 2 is 2.47 bits per heavy atom. The van der Waals surface area contributed by atoms with Gasteiger partial charge in [-0.2, -0.15) is 10.4 Å². The highest BCUT2D eigenvalue weighted by Gasteiger charge is 1.98. The molecule has 0 unspecified atom stereocenters. The Bertz CT molecular complexity index is 425. The fourth-order valence-corrected chi connectivity index (χ4v) is 1.04. The Morgan fingerprint density at radius 3 is 3.00 bits per heavy atom. The van der Waals surface area contributed by atoms with Gasteiger partial charge in [-0.3, -0.25) is 4.79 Å². The standard InChI is InChI=1S/C10H12N4O/c1-8-3-4-9(14(8)2)7-12-13-10(15)5-6-11/h3-4,7H,5H2,1-2H3,(H,13,15)/b12-7+. The number of nitrogens with one attached hydrogen (secondary N) is 1. The number of nitrogens with zero attached hydrogens (tertiary/aromatic N) is 3. The van der Waals surface area contributed by atoms with E-state index in [0.29, 0.717) is 0 Å². The van der Waals surface area contributed by atoms with Crippen molar-refractivity contribution in [2.75, 3.05) is 0 Å². The molecule has 0 saturated heterocycles. The van der Waals surface area contributed by atoms with Gasteiger partial charge >= 0.3 is 0 Å². The van der Waals surface area contributed by atoms with Crippen molar-refractivity contribution in [2.45, 2.75) is 13.3 Å². The smallest absolute Gasteiger partial charge is 0.254 e. The molecule has 0 aliphatic rings. The second-order valence-corrected chi connectivity index (χ2v) is 3.09. The van der Waals surface area contributed by atoms with Crippen molar-refractivity contribution < 1.29 is 4.79 Å². The van der Waals surface area contributed by atoms with Crippen molar-refractivity contribution >= 4 is 12.1 Å². The van der Waals surface area contributed by atoms with Crippen LogP contribution in [-0.2, 0) is 11.8 Å². The van der Waals surface area contributed by atoms with Gasteiger partial charge in [0, 0.05) is 12.7 Å². The lowest BCUT2D eigenvalue weighted by molar-refractivity contribution is -0.120. The second kappa shape index (κ2) is 4.96. The van der Waals surface area contributed by atoms with Crippen molar-refractivity contribution in [3.05, 3.63) is 23.5 Å². The Hall–Kier alpha value is -2.09. The average molecular weight is 204 g/mol. The highest BCUT2D eigenvalue weighted by Crippen LogP contribution is 2.02. The molecule has 1 amide bonds. The summed E-state index contributed by atoms with van der Waals surface area (Å²) in [5, 5.41) is 12.0. The number of aryl methyl sites for hydroxylation is 1. The first-order valence-corrected chi connectivity index (χ1v) is 4.46. The predicted molar refractivity (Wildman–Crippen MR) is 56.1 cm³/mol. The molecule has 1 aromatic heterocycles. The number of amides is 1. The first kappa shape index (κ1) is 11.0. The predicted octanol–water partition coefficient (Wildman–Crippen LogP) is 0.697. The lowest BCUT2D eigenvalue weighted by Gasteiger charge is -1.99. The first-order chi connectivity index (χ1) is 7.15. The minimum atomic E-state index is -0.403. The summed E-state index contributed by atoms with van der Waals surface area (Å²) in [4.78, 5) is 10.9. The molecule has 1 N–H and O–H groups in total. The van der Waals surface area contributed by atoms with E-state index in [1.807, 2.05) is 30.7 Å². The van der Waals surface area contributed by atoms with Gasteiger partial charge in [0.1, 0.15) is 6.42 Å². The van der Waals surface area contributed by atoms with E-state index in [-0.39, 0.29) is 6.42 Å². The van der Waals surface area contributed by atoms with Gasteiger partial charge in [-0.1, -0.05) is 0 Å². The van der Waals surface area contributed by atoms with Crippen LogP contribution in [0.4, 0.5) is 0 Å². The molecule has 5 heteroatoms. The van der Waals surface area contributed by atoms with E-state index in [4.69, 9.17) is 5.26 Å². The van der Waals surface area contributed by atoms with Gasteiger partial charge in [-0.25, -0.2) is 5.43 Å². The number of carbonyl (C=O) groups excluding carboxylic acids is 1. The molecule has 0 spiro atoms. The number of nitriles is 1. The lowest BCUT2D eigenvalue weighted by atomic mass is 10.4. The Balaban J connectivity index is 2.56. The Morgan fingerprint density at radius 1 is 1.73 bits per heavy atom. The van der Waals surface area contributed by atoms with Crippen molar-refractivity contribution in [2.24, 2.45) is 12.1 Å². The monoisotopic (exact) mass is 204 g/mol. The highest BCUT2D eigenvalue weighted by atomic mass is 16.2. The van der Waals surface area contributed by atoms with E-state index in [0.717, 1.165) is 11.4 Å². The molecule has 1 aromatic rings. The van der Waals surface area contributed by atoms with Gasteiger partial charge in [-0.15, -0.1) is 0 Å². The minimum absolute atomic E-state index is 0.177. The zero-order valence-electron chi connectivity index (χ0n) is 8.69. The number of hydrogen-bond donors (Lipinski definition) is 1. The van der Waals surface area contributed by atoms with E-state index in [1.165, 1.54) is 0 Å². The van der Waals surface area contributed by atoms with Crippen LogP contribution in [0.5, 0.6) is 0 Å². The Labute approximate surface area is 88.0 Å². The summed E-state index contributed by atoms with van der Waals surface area (Å²) in [6.45, 7) is 1.98. The maximum Gasteiger partial charge on any atom is 0.254 e. The molecule has 78 valence electrons. The number of hydrogen-bond acceptors (Lipinski definition) is 3. The normalized spacial score (nSPS) is 10.2. The third-order valence-electron chi connectivity index (χ3n) is 2.04. The van der Waals surface area contributed by atoms with Gasteiger partial charge in [0.15, 0.2) is 0 Å². The maximum atomic E-state index is 10.9. The van der Waals surface area contributed by atoms with E-state index in [9.17, 15) is 4.79 Å². The first-order valence-electron chi connectivity index (χ1n) is 4.46. The average Bonchev–Trinajstić information content (AvgIpc) is 2.50. The van der Waals surface area contributed by atoms with Gasteiger partial charge in [-0.05, 0) is 19.1 Å². The summed E-state index contributed by atoms with van der Waals surface area (Å²) in [6, 6.07) is 5.60. The van der Waals surface area contributed by atoms with Crippen LogP contribution in [0.2, 0.25) is 0 Å². The van der Waals surface area contributed by atoms with Crippen LogP contribution in [0.1, 0.15) is 17.8 Å². The highest BCUT2D eigenvalue weighted by molar-refractivity contribution is 5.82. The summed E-state index contributed by atoms with van der Waals surface area (Å²) in [5.74, 6) is -0.403. The molecule has 5 nitrogen and oxygen atoms in total. The van der Waals surface area contributed by atoms with Crippen LogP contribution in [0, 0.1) is 18.3 Å². The third kappa shape index (κ3) is 2.95. The topological polar surface area (TPSA) is 70.2 Å². The van der Waals surface area contributed by atoms with E-state index in [2.05, 4.69) is 10.5 Å². The molecular formula is C10H12N4O. The number of carbonyl (C=O) groups is 1. The molecule has 0 bridgehead atoms. The van der Waals surface area contributed by atoms with E-state index >= 15 is 0 Å². The summed E-state index contributed by atoms with van der Waals surface area (Å²) in [6.07, 6.45) is 1.37. The zero-order valence-corrected chi connectivity index (χ0v) is 8.69. The fraction of sp³-hybridized carbons (Fsp3) is 0.300. The van der Waals surface area contributed by atoms with Crippen LogP contribution in [0.15, 0.2) is 17.2 Å². The zero-order chi connectivity index (χ0) is 11.3. The number of hydrazone groups is 1. The Kier molecular flexibility index (Phi) is 3.63. The second-order valence-electron chi connectivity index (χ2n) is 3.09. The summed E-state index contributed by atoms with van der Waals surface area (Å²) >= 11 is 0. The maximum absolute atomic E-state index is 10.9. The summed E-state index contributed by atoms with van der Waals surface area (Å²) in [7, 11) is 1.91. The largest absolute Gasteiger partial charge is 0.347 e. The number of aromatic nitrogens is 1. The molecule has 0 aromatic carbocycles. The third-order valence-corrected chi connectivity index (χ3v) is 2.04. The lowest BCUT2D eigenvalue weighted by Crippen LogP contribution is -2.16. The SMILES string of the molecule is Cc1ccc(/C=N/NC(=O)CC#N)n1C. The van der Waals surface area contributed by atoms with Crippen LogP contribution < -0.4 is 5.43 Å². The van der Waals surface area contributed by atoms with Crippen LogP contribution in [0.3, 0.4) is 0 Å². The molecule has 0 fully saturated rings. The molecule has 0 atom stereocenters. The van der Waals surface area contributed by atoms with Gasteiger partial charge in [0.25, 0.3) is 5.91 Å². The minimum Gasteiger partial charge on any atom is -0.347 e. The number of rotatable bonds is 3. The quantitative estimate of drug-likeness (QED) is 0.581. The molecule has 15 heavy (non-hydrogen) atoms. The summed E-state index contributed by atoms with van der Waals surface area (Å²) in [5.41, 5.74) is 4.27. The molecule has 1 heterocycles. The van der Waals surface area contributed by atoms with Crippen LogP contribution in [0.25, 0.3) is 0 Å². The van der Waals surface area contributed by atoms with Crippen molar-refractivity contribution in [3.8, 4) is 6.07 Å². The van der Waals surface area contributed by atoms with Crippen LogP contribution in [-0.4, -0.2) is 16.7 Å².